The molecule has 0 amide bonds. The third kappa shape index (κ3) is 37.0. The maximum atomic E-state index is 12.6. The van der Waals surface area contributed by atoms with Gasteiger partial charge in [-0.15, -0.1) is 0 Å². The van der Waals surface area contributed by atoms with Crippen molar-refractivity contribution in [3.8, 4) is 0 Å². The molecule has 11 nitrogen and oxygen atoms in total. The van der Waals surface area contributed by atoms with E-state index in [1.54, 1.807) is 42.5 Å². The number of rotatable bonds is 38. The van der Waals surface area contributed by atoms with Gasteiger partial charge in [-0.2, -0.15) is 0 Å². The Hall–Kier alpha value is -2.34. The Bertz CT molecular complexity index is 1120. The molecule has 0 saturated heterocycles. The Morgan fingerprint density at radius 2 is 1.24 bits per heavy atom. The highest BCUT2D eigenvalue weighted by Crippen LogP contribution is 2.43. The first-order valence-electron chi connectivity index (χ1n) is 20.8. The van der Waals surface area contributed by atoms with Crippen LogP contribution >= 0.6 is 7.82 Å². The number of aliphatic hydroxyl groups is 3. The van der Waals surface area contributed by atoms with Crippen LogP contribution < -0.4 is 5.73 Å². The molecule has 55 heavy (non-hydrogen) atoms. The highest BCUT2D eigenvalue weighted by Gasteiger charge is 2.25. The molecule has 0 aliphatic carbocycles. The van der Waals surface area contributed by atoms with Crippen LogP contribution in [0.15, 0.2) is 73.1 Å². The van der Waals surface area contributed by atoms with E-state index < -0.39 is 44.8 Å². The predicted octanol–water partition coefficient (Wildman–Crippen LogP) is 9.23. The van der Waals surface area contributed by atoms with Crippen molar-refractivity contribution in [3.63, 3.8) is 0 Å². The Morgan fingerprint density at radius 1 is 0.673 bits per heavy atom. The van der Waals surface area contributed by atoms with Gasteiger partial charge in [-0.05, 0) is 63.9 Å². The van der Waals surface area contributed by atoms with Gasteiger partial charge < -0.3 is 35.4 Å². The first-order chi connectivity index (χ1) is 26.6. The number of unbranched alkanes of at least 4 members (excludes halogenated alkanes) is 13. The van der Waals surface area contributed by atoms with Gasteiger partial charge in [0.2, 0.25) is 0 Å². The predicted molar refractivity (Wildman–Crippen MR) is 223 cm³/mol. The lowest BCUT2D eigenvalue weighted by molar-refractivity contribution is -0.153. The van der Waals surface area contributed by atoms with E-state index in [4.69, 9.17) is 24.3 Å². The molecule has 0 aromatic heterocycles. The molecule has 0 aliphatic heterocycles. The normalized spacial score (nSPS) is 15.9. The summed E-state index contributed by atoms with van der Waals surface area (Å²) >= 11 is 0. The largest absolute Gasteiger partial charge is 0.498 e. The summed E-state index contributed by atoms with van der Waals surface area (Å²) < 4.78 is 32.9. The number of aliphatic hydroxyl groups excluding tert-OH is 3. The van der Waals surface area contributed by atoms with Gasteiger partial charge in [-0.1, -0.05) is 139 Å². The van der Waals surface area contributed by atoms with E-state index in [1.807, 2.05) is 6.08 Å². The molecule has 0 aromatic carbocycles. The molecule has 0 aromatic rings. The van der Waals surface area contributed by atoms with Crippen LogP contribution in [0.4, 0.5) is 0 Å². The van der Waals surface area contributed by atoms with Crippen LogP contribution in [0.2, 0.25) is 0 Å². The number of allylic oxidation sites excluding steroid dienone is 9. The highest BCUT2D eigenvalue weighted by molar-refractivity contribution is 7.47. The lowest BCUT2D eigenvalue weighted by atomic mass is 10.1. The quantitative estimate of drug-likeness (QED) is 0.0100. The molecule has 0 saturated carbocycles. The third-order valence-electron chi connectivity index (χ3n) is 8.53. The van der Waals surface area contributed by atoms with Crippen molar-refractivity contribution in [3.05, 3.63) is 73.1 Å². The number of carbonyl (C=O) groups excluding carboxylic acids is 1. The molecule has 0 bridgehead atoms. The monoisotopic (exact) mass is 798 g/mol. The topological polar surface area (TPSA) is 178 Å². The van der Waals surface area contributed by atoms with Crippen LogP contribution in [0.3, 0.4) is 0 Å². The number of hydrogen-bond donors (Lipinski definition) is 5. The van der Waals surface area contributed by atoms with Crippen molar-refractivity contribution in [1.82, 2.24) is 0 Å². The Kier molecular flexibility index (Phi) is 36.9. The Labute approximate surface area is 333 Å². The van der Waals surface area contributed by atoms with Gasteiger partial charge in [0.25, 0.3) is 0 Å². The minimum absolute atomic E-state index is 0.0329. The molecule has 0 rings (SSSR count). The van der Waals surface area contributed by atoms with Crippen LogP contribution in [0.25, 0.3) is 0 Å². The maximum Gasteiger partial charge on any atom is 0.472 e. The second-order valence-electron chi connectivity index (χ2n) is 13.8. The summed E-state index contributed by atoms with van der Waals surface area (Å²) in [5.41, 5.74) is 5.33. The van der Waals surface area contributed by atoms with E-state index in [1.165, 1.54) is 76.5 Å². The SMILES string of the molecule is CCCCCC/C=C\CCCCCCCC/C=C/OC[C@H](COP(=O)(O)OCCN)OC(=O)CCC[C@H](O)[C@@H](O)/C=C/C=C/C=C\C=C\[C@@H](O)CCCCC. The van der Waals surface area contributed by atoms with Crippen LogP contribution in [-0.2, 0) is 27.9 Å². The average Bonchev–Trinajstić information content (AvgIpc) is 3.16. The van der Waals surface area contributed by atoms with Crippen LogP contribution in [-0.4, -0.2) is 77.0 Å². The zero-order chi connectivity index (χ0) is 40.7. The molecule has 0 heterocycles. The minimum Gasteiger partial charge on any atom is -0.498 e. The van der Waals surface area contributed by atoms with Crippen molar-refractivity contribution >= 4 is 13.8 Å². The number of hydrogen-bond acceptors (Lipinski definition) is 10. The highest BCUT2D eigenvalue weighted by atomic mass is 31.2. The van der Waals surface area contributed by atoms with Crippen LogP contribution in [0.5, 0.6) is 0 Å². The standard InChI is InChI=1S/C43H76NO10P/c1-3-5-7-8-9-10-11-12-13-14-15-16-17-20-23-27-35-51-37-40(38-53-55(49,50)52-36-34-44)54-43(48)33-28-32-42(47)41(46)31-26-22-19-18-21-25-30-39(45)29-24-6-4-2/h10-11,18-19,21-22,25-27,30-31,35,39-42,45-47H,3-9,12-17,20,23-24,28-29,32-34,36-38,44H2,1-2H3,(H,49,50)/b11-10-,21-18-,22-19+,30-25+,31-26+,35-27+/t39-,40+,41-,42-/m0/s1. The summed E-state index contributed by atoms with van der Waals surface area (Å²) in [7, 11) is -4.39. The van der Waals surface area contributed by atoms with Gasteiger partial charge in [-0.3, -0.25) is 13.8 Å². The van der Waals surface area contributed by atoms with E-state index in [9.17, 15) is 29.6 Å². The number of esters is 1. The summed E-state index contributed by atoms with van der Waals surface area (Å²) in [6.45, 7) is 3.69. The van der Waals surface area contributed by atoms with E-state index in [2.05, 4.69) is 26.0 Å². The first-order valence-corrected chi connectivity index (χ1v) is 22.3. The smallest absolute Gasteiger partial charge is 0.472 e. The van der Waals surface area contributed by atoms with E-state index in [0.29, 0.717) is 0 Å². The van der Waals surface area contributed by atoms with Crippen molar-refractivity contribution < 1.29 is 48.1 Å². The maximum absolute atomic E-state index is 12.6. The number of phosphoric acid groups is 1. The second-order valence-corrected chi connectivity index (χ2v) is 15.2. The van der Waals surface area contributed by atoms with Crippen LogP contribution in [0, 0.1) is 0 Å². The van der Waals surface area contributed by atoms with Gasteiger partial charge in [0.15, 0.2) is 6.10 Å². The summed E-state index contributed by atoms with van der Waals surface area (Å²) in [6.07, 6.45) is 38.0. The lowest BCUT2D eigenvalue weighted by Crippen LogP contribution is -2.28. The summed E-state index contributed by atoms with van der Waals surface area (Å²) in [5.74, 6) is -0.607. The van der Waals surface area contributed by atoms with Gasteiger partial charge in [0.1, 0.15) is 6.61 Å². The van der Waals surface area contributed by atoms with E-state index in [0.717, 1.165) is 44.9 Å². The average molecular weight is 798 g/mol. The molecular weight excluding hydrogens is 721 g/mol. The van der Waals surface area contributed by atoms with Crippen molar-refractivity contribution in [1.29, 1.82) is 0 Å². The molecule has 6 N–H and O–H groups in total. The van der Waals surface area contributed by atoms with Crippen molar-refractivity contribution in [2.24, 2.45) is 5.73 Å². The second kappa shape index (κ2) is 38.5. The zero-order valence-corrected chi connectivity index (χ0v) is 34.9. The minimum atomic E-state index is -4.39. The number of nitrogens with two attached hydrogens (primary N) is 1. The third-order valence-corrected chi connectivity index (χ3v) is 9.51. The van der Waals surface area contributed by atoms with Crippen molar-refractivity contribution in [2.45, 2.75) is 167 Å². The number of carbonyl (C=O) groups is 1. The summed E-state index contributed by atoms with van der Waals surface area (Å²) in [4.78, 5) is 22.4. The van der Waals surface area contributed by atoms with Gasteiger partial charge in [0, 0.05) is 13.0 Å². The fourth-order valence-corrected chi connectivity index (χ4v) is 6.05. The number of ether oxygens (including phenoxy) is 2. The molecule has 1 unspecified atom stereocenters. The van der Waals surface area contributed by atoms with Gasteiger partial charge in [0.05, 0.1) is 37.8 Å². The summed E-state index contributed by atoms with van der Waals surface area (Å²) in [6, 6.07) is 0. The molecule has 0 spiro atoms. The molecule has 0 aliphatic rings. The molecule has 0 fully saturated rings. The fraction of sp³-hybridized carbons (Fsp3) is 0.698. The molecular formula is C43H76NO10P. The molecule has 5 atom stereocenters. The molecule has 318 valence electrons. The van der Waals surface area contributed by atoms with Gasteiger partial charge >= 0.3 is 13.8 Å². The fourth-order valence-electron chi connectivity index (χ4n) is 5.28. The van der Waals surface area contributed by atoms with E-state index in [-0.39, 0.29) is 39.0 Å². The first kappa shape index (κ1) is 52.7. The molecule has 12 heteroatoms. The van der Waals surface area contributed by atoms with Crippen molar-refractivity contribution in [2.75, 3.05) is 26.4 Å². The zero-order valence-electron chi connectivity index (χ0n) is 34.0. The number of phosphoric ester groups is 1. The van der Waals surface area contributed by atoms with E-state index >= 15 is 0 Å². The summed E-state index contributed by atoms with van der Waals surface area (Å²) in [5, 5.41) is 30.5. The Morgan fingerprint density at radius 3 is 1.87 bits per heavy atom. The Balaban J connectivity index is 4.49. The van der Waals surface area contributed by atoms with Gasteiger partial charge in [-0.25, -0.2) is 4.57 Å². The lowest BCUT2D eigenvalue weighted by Gasteiger charge is -2.19. The van der Waals surface area contributed by atoms with Crippen LogP contribution in [0.1, 0.15) is 142 Å². The molecule has 0 radical (unpaired) electrons.